The van der Waals surface area contributed by atoms with E-state index in [1.807, 2.05) is 0 Å². The van der Waals surface area contributed by atoms with Crippen molar-refractivity contribution in [2.45, 2.75) is 57.1 Å². The predicted molar refractivity (Wildman–Crippen MR) is 116 cm³/mol. The second-order valence-electron chi connectivity index (χ2n) is 8.48. The number of carbonyl (C=O) groups excluding carboxylic acids is 1. The molecule has 0 bridgehead atoms. The van der Waals surface area contributed by atoms with Crippen molar-refractivity contribution in [1.29, 1.82) is 0 Å². The number of nitrogens with two attached hydrogens (primary N) is 2. The summed E-state index contributed by atoms with van der Waals surface area (Å²) in [6.45, 7) is 0. The third-order valence-corrected chi connectivity index (χ3v) is 6.80. The van der Waals surface area contributed by atoms with Crippen molar-refractivity contribution >= 4 is 17.5 Å². The molecule has 2 aliphatic rings. The minimum atomic E-state index is -0.528. The normalized spacial score (nSPS) is 27.0. The molecule has 0 spiro atoms. The van der Waals surface area contributed by atoms with Crippen molar-refractivity contribution in [3.8, 4) is 5.75 Å². The van der Waals surface area contributed by atoms with E-state index >= 15 is 0 Å². The number of aryl methyl sites for hydroxylation is 1. The Morgan fingerprint density at radius 3 is 2.69 bits per heavy atom. The van der Waals surface area contributed by atoms with Gasteiger partial charge in [-0.25, -0.2) is 0 Å². The van der Waals surface area contributed by atoms with Gasteiger partial charge in [-0.05, 0) is 67.3 Å². The van der Waals surface area contributed by atoms with Gasteiger partial charge in [0.1, 0.15) is 11.9 Å². The third kappa shape index (κ3) is 4.44. The number of primary amides is 1. The lowest BCUT2D eigenvalue weighted by Gasteiger charge is -2.39. The number of benzene rings is 2. The fourth-order valence-corrected chi connectivity index (χ4v) is 5.31. The summed E-state index contributed by atoms with van der Waals surface area (Å²) in [7, 11) is 0. The van der Waals surface area contributed by atoms with Gasteiger partial charge in [-0.15, -0.1) is 0 Å². The number of carbonyl (C=O) groups is 1. The van der Waals surface area contributed by atoms with E-state index in [1.165, 1.54) is 30.4 Å². The van der Waals surface area contributed by atoms with Gasteiger partial charge in [0.05, 0.1) is 5.56 Å². The molecule has 4 rings (SSSR count). The van der Waals surface area contributed by atoms with Crippen molar-refractivity contribution in [3.63, 3.8) is 0 Å². The van der Waals surface area contributed by atoms with Crippen molar-refractivity contribution in [1.82, 2.24) is 0 Å². The van der Waals surface area contributed by atoms with Crippen LogP contribution >= 0.6 is 11.6 Å². The first kappa shape index (κ1) is 20.2. The van der Waals surface area contributed by atoms with Crippen molar-refractivity contribution in [2.24, 2.45) is 23.3 Å². The van der Waals surface area contributed by atoms with Gasteiger partial charge in [0.15, 0.2) is 0 Å². The number of hydrogen-bond acceptors (Lipinski definition) is 3. The first-order valence-corrected chi connectivity index (χ1v) is 11.0. The van der Waals surface area contributed by atoms with E-state index in [9.17, 15) is 4.79 Å². The largest absolute Gasteiger partial charge is 0.485 e. The number of hydrogen-bond donors (Lipinski definition) is 2. The molecule has 4 N–H and O–H groups in total. The van der Waals surface area contributed by atoms with E-state index in [2.05, 4.69) is 24.3 Å². The van der Waals surface area contributed by atoms with Gasteiger partial charge < -0.3 is 16.2 Å². The molecule has 4 atom stereocenters. The molecule has 0 aromatic heterocycles. The molecule has 0 saturated heterocycles. The maximum Gasteiger partial charge on any atom is 0.252 e. The average molecular weight is 413 g/mol. The summed E-state index contributed by atoms with van der Waals surface area (Å²) in [6, 6.07) is 13.8. The third-order valence-electron chi connectivity index (χ3n) is 6.57. The van der Waals surface area contributed by atoms with Crippen LogP contribution in [-0.2, 0) is 6.42 Å². The second-order valence-corrected chi connectivity index (χ2v) is 8.92. The first-order chi connectivity index (χ1) is 14.0. The summed E-state index contributed by atoms with van der Waals surface area (Å²) in [5, 5.41) is 0.474. The number of rotatable bonds is 4. The summed E-state index contributed by atoms with van der Waals surface area (Å²) in [5.41, 5.74) is 14.9. The van der Waals surface area contributed by atoms with Gasteiger partial charge in [0.2, 0.25) is 0 Å². The summed E-state index contributed by atoms with van der Waals surface area (Å²) >= 11 is 6.09. The highest BCUT2D eigenvalue weighted by Crippen LogP contribution is 2.45. The Morgan fingerprint density at radius 1 is 1.07 bits per heavy atom. The molecule has 0 radical (unpaired) electrons. The zero-order valence-electron chi connectivity index (χ0n) is 16.6. The highest BCUT2D eigenvalue weighted by Gasteiger charge is 2.38. The maximum absolute atomic E-state index is 12.0. The molecule has 4 nitrogen and oxygen atoms in total. The van der Waals surface area contributed by atoms with Crippen molar-refractivity contribution in [3.05, 3.63) is 64.2 Å². The number of amides is 1. The summed E-state index contributed by atoms with van der Waals surface area (Å²) in [5.74, 6) is 0.867. The van der Waals surface area contributed by atoms with Gasteiger partial charge in [-0.1, -0.05) is 48.7 Å². The minimum absolute atomic E-state index is 0.116. The van der Waals surface area contributed by atoms with E-state index in [1.54, 1.807) is 18.2 Å². The van der Waals surface area contributed by atoms with Gasteiger partial charge in [0.25, 0.3) is 5.91 Å². The molecule has 4 unspecified atom stereocenters. The van der Waals surface area contributed by atoms with Crippen LogP contribution in [0.3, 0.4) is 0 Å². The van der Waals surface area contributed by atoms with E-state index in [-0.39, 0.29) is 12.1 Å². The Balaban J connectivity index is 1.71. The first-order valence-electron chi connectivity index (χ1n) is 10.6. The molecule has 2 aromatic carbocycles. The molecule has 0 heterocycles. The smallest absolute Gasteiger partial charge is 0.252 e. The number of ether oxygens (including phenoxy) is 1. The lowest BCUT2D eigenvalue weighted by molar-refractivity contribution is 0.0693. The summed E-state index contributed by atoms with van der Waals surface area (Å²) in [6.07, 6.45) is 7.75. The van der Waals surface area contributed by atoms with E-state index in [0.717, 1.165) is 25.7 Å². The molecule has 0 aliphatic heterocycles. The second kappa shape index (κ2) is 8.76. The van der Waals surface area contributed by atoms with Crippen LogP contribution in [0.5, 0.6) is 5.75 Å². The molecule has 29 heavy (non-hydrogen) atoms. The van der Waals surface area contributed by atoms with E-state index in [4.69, 9.17) is 27.8 Å². The number of fused-ring (bicyclic) bond motifs is 1. The lowest BCUT2D eigenvalue weighted by Crippen LogP contribution is -2.34. The van der Waals surface area contributed by atoms with Gasteiger partial charge in [-0.3, -0.25) is 4.79 Å². The zero-order chi connectivity index (χ0) is 20.4. The molecule has 1 fully saturated rings. The van der Waals surface area contributed by atoms with Crippen LogP contribution in [0.1, 0.15) is 66.1 Å². The Morgan fingerprint density at radius 2 is 1.86 bits per heavy atom. The predicted octanol–water partition coefficient (Wildman–Crippen LogP) is 5.03. The average Bonchev–Trinajstić information content (AvgIpc) is 2.93. The minimum Gasteiger partial charge on any atom is -0.485 e. The topological polar surface area (TPSA) is 78.3 Å². The van der Waals surface area contributed by atoms with E-state index < -0.39 is 5.91 Å². The SMILES string of the molecule is NC(=O)c1cc(Cl)ccc1OC1c2ccccc2CCC1C1CCCCC(N)C1. The van der Waals surface area contributed by atoms with Gasteiger partial charge in [0, 0.05) is 17.0 Å². The molecule has 2 aromatic rings. The Bertz CT molecular complexity index is 885. The van der Waals surface area contributed by atoms with E-state index in [0.29, 0.717) is 28.2 Å². The Kier molecular flexibility index (Phi) is 6.12. The highest BCUT2D eigenvalue weighted by atomic mass is 35.5. The fraction of sp³-hybridized carbons (Fsp3) is 0.458. The molecule has 2 aliphatic carbocycles. The molecular weight excluding hydrogens is 384 g/mol. The standard InChI is InChI=1S/C24H29ClN2O2/c25-17-10-12-22(21(14-17)24(27)28)29-23-19-8-4-2-5-15(19)9-11-20(23)16-6-1-3-7-18(26)13-16/h2,4-5,8,10,12,14,16,18,20,23H,1,3,6-7,9,11,13,26H2,(H2,27,28). The van der Waals surface area contributed by atoms with Crippen LogP contribution < -0.4 is 16.2 Å². The number of halogens is 1. The van der Waals surface area contributed by atoms with Crippen molar-refractivity contribution < 1.29 is 9.53 Å². The molecule has 1 saturated carbocycles. The molecule has 5 heteroatoms. The fourth-order valence-electron chi connectivity index (χ4n) is 5.14. The summed E-state index contributed by atoms with van der Waals surface area (Å²) in [4.78, 5) is 12.0. The molecular formula is C24H29ClN2O2. The van der Waals surface area contributed by atoms with Gasteiger partial charge >= 0.3 is 0 Å². The molecule has 1 amide bonds. The van der Waals surface area contributed by atoms with Crippen LogP contribution in [0.25, 0.3) is 0 Å². The molecule has 154 valence electrons. The zero-order valence-corrected chi connectivity index (χ0v) is 17.4. The van der Waals surface area contributed by atoms with Gasteiger partial charge in [-0.2, -0.15) is 0 Å². The Labute approximate surface area is 177 Å². The summed E-state index contributed by atoms with van der Waals surface area (Å²) < 4.78 is 6.57. The van der Waals surface area contributed by atoms with Crippen LogP contribution in [0.4, 0.5) is 0 Å². The van der Waals surface area contributed by atoms with Crippen LogP contribution in [-0.4, -0.2) is 11.9 Å². The van der Waals surface area contributed by atoms with Crippen molar-refractivity contribution in [2.75, 3.05) is 0 Å². The lowest BCUT2D eigenvalue weighted by atomic mass is 9.72. The monoisotopic (exact) mass is 412 g/mol. The van der Waals surface area contributed by atoms with Crippen LogP contribution in [0.15, 0.2) is 42.5 Å². The quantitative estimate of drug-likeness (QED) is 0.691. The Hall–Kier alpha value is -2.04. The van der Waals surface area contributed by atoms with Crippen LogP contribution in [0, 0.1) is 11.8 Å². The highest BCUT2D eigenvalue weighted by molar-refractivity contribution is 6.31. The maximum atomic E-state index is 12.0. The van der Waals surface area contributed by atoms with Crippen LogP contribution in [0.2, 0.25) is 5.02 Å².